The number of carboxylic acids is 1. The standard InChI is InChI=1S/C21H33N3O3/c1-21(2,3)17(20(26)27)12-14-22-18(25)9-5-4-8-16-11-10-15-7-6-13-23-19(15)24-16/h10-11,17H,4-9,12-14H2,1-3H3,(H,22,25)(H,23,24)(H,26,27). The van der Waals surface area contributed by atoms with Gasteiger partial charge in [0.1, 0.15) is 5.82 Å². The number of hydrogen-bond donors (Lipinski definition) is 3. The first-order chi connectivity index (χ1) is 12.8. The molecule has 1 aliphatic rings. The van der Waals surface area contributed by atoms with Crippen LogP contribution in [0.3, 0.4) is 0 Å². The van der Waals surface area contributed by atoms with E-state index in [2.05, 4.69) is 27.8 Å². The van der Waals surface area contributed by atoms with Gasteiger partial charge in [0.15, 0.2) is 0 Å². The summed E-state index contributed by atoms with van der Waals surface area (Å²) in [6.07, 6.45) is 5.76. The fraction of sp³-hybridized carbons (Fsp3) is 0.667. The molecule has 0 spiro atoms. The maximum atomic E-state index is 12.0. The van der Waals surface area contributed by atoms with Crippen molar-refractivity contribution in [1.82, 2.24) is 10.3 Å². The van der Waals surface area contributed by atoms with Crippen molar-refractivity contribution in [2.24, 2.45) is 11.3 Å². The number of carbonyl (C=O) groups excluding carboxylic acids is 1. The quantitative estimate of drug-likeness (QED) is 0.575. The number of unbranched alkanes of at least 4 members (excludes halogenated alkanes) is 1. The van der Waals surface area contributed by atoms with Gasteiger partial charge in [0, 0.05) is 25.2 Å². The topological polar surface area (TPSA) is 91.3 Å². The van der Waals surface area contributed by atoms with Crippen LogP contribution in [-0.2, 0) is 22.4 Å². The minimum Gasteiger partial charge on any atom is -0.481 e. The van der Waals surface area contributed by atoms with Crippen LogP contribution >= 0.6 is 0 Å². The predicted octanol–water partition coefficient (Wildman–Crippen LogP) is 3.41. The highest BCUT2D eigenvalue weighted by Crippen LogP contribution is 2.28. The Kier molecular flexibility index (Phi) is 7.63. The van der Waals surface area contributed by atoms with Crippen LogP contribution in [0.2, 0.25) is 0 Å². The van der Waals surface area contributed by atoms with Gasteiger partial charge >= 0.3 is 5.97 Å². The molecule has 3 N–H and O–H groups in total. The second-order valence-corrected chi connectivity index (χ2v) is 8.44. The molecule has 1 amide bonds. The van der Waals surface area contributed by atoms with Gasteiger partial charge in [-0.2, -0.15) is 0 Å². The zero-order valence-corrected chi connectivity index (χ0v) is 16.8. The summed E-state index contributed by atoms with van der Waals surface area (Å²) >= 11 is 0. The van der Waals surface area contributed by atoms with Crippen molar-refractivity contribution in [3.63, 3.8) is 0 Å². The lowest BCUT2D eigenvalue weighted by Crippen LogP contribution is -2.33. The molecule has 1 unspecified atom stereocenters. The van der Waals surface area contributed by atoms with Gasteiger partial charge in [0.05, 0.1) is 5.92 Å². The minimum absolute atomic E-state index is 0.00638. The van der Waals surface area contributed by atoms with E-state index in [-0.39, 0.29) is 11.3 Å². The van der Waals surface area contributed by atoms with E-state index in [9.17, 15) is 14.7 Å². The van der Waals surface area contributed by atoms with Crippen LogP contribution in [0.15, 0.2) is 12.1 Å². The van der Waals surface area contributed by atoms with E-state index in [1.165, 1.54) is 5.56 Å². The normalized spacial score (nSPS) is 14.8. The smallest absolute Gasteiger partial charge is 0.307 e. The molecule has 1 atom stereocenters. The molecule has 0 saturated carbocycles. The highest BCUT2D eigenvalue weighted by molar-refractivity contribution is 5.76. The van der Waals surface area contributed by atoms with E-state index in [0.29, 0.717) is 19.4 Å². The number of nitrogens with one attached hydrogen (secondary N) is 2. The van der Waals surface area contributed by atoms with Crippen molar-refractivity contribution in [3.05, 3.63) is 23.4 Å². The van der Waals surface area contributed by atoms with E-state index in [4.69, 9.17) is 0 Å². The summed E-state index contributed by atoms with van der Waals surface area (Å²) in [5.41, 5.74) is 2.05. The molecular weight excluding hydrogens is 342 g/mol. The Balaban J connectivity index is 1.64. The SMILES string of the molecule is CC(C)(C)C(CCNC(=O)CCCCc1ccc2c(n1)NCCC2)C(=O)O. The summed E-state index contributed by atoms with van der Waals surface area (Å²) < 4.78 is 0. The molecule has 0 fully saturated rings. The number of anilines is 1. The van der Waals surface area contributed by atoms with Crippen LogP contribution in [0.4, 0.5) is 5.82 Å². The van der Waals surface area contributed by atoms with Gasteiger partial charge in [-0.1, -0.05) is 26.8 Å². The molecule has 0 radical (unpaired) electrons. The average molecular weight is 376 g/mol. The minimum atomic E-state index is -0.802. The first-order valence-electron chi connectivity index (χ1n) is 9.99. The Morgan fingerprint density at radius 1 is 1.30 bits per heavy atom. The summed E-state index contributed by atoms with van der Waals surface area (Å²) in [6.45, 7) is 7.14. The second-order valence-electron chi connectivity index (χ2n) is 8.44. The van der Waals surface area contributed by atoms with Crippen molar-refractivity contribution in [2.45, 2.75) is 65.7 Å². The fourth-order valence-corrected chi connectivity index (χ4v) is 3.47. The molecule has 0 aliphatic carbocycles. The maximum Gasteiger partial charge on any atom is 0.307 e. The number of pyridine rings is 1. The molecule has 1 aromatic heterocycles. The summed E-state index contributed by atoms with van der Waals surface area (Å²) in [5.74, 6) is -0.248. The third-order valence-corrected chi connectivity index (χ3v) is 5.14. The number of fused-ring (bicyclic) bond motifs is 1. The predicted molar refractivity (Wildman–Crippen MR) is 107 cm³/mol. The van der Waals surface area contributed by atoms with Crippen LogP contribution in [-0.4, -0.2) is 35.1 Å². The number of hydrogen-bond acceptors (Lipinski definition) is 4. The number of aryl methyl sites for hydroxylation is 2. The molecule has 0 bridgehead atoms. The lowest BCUT2D eigenvalue weighted by atomic mass is 9.79. The van der Waals surface area contributed by atoms with Crippen molar-refractivity contribution in [2.75, 3.05) is 18.4 Å². The van der Waals surface area contributed by atoms with E-state index in [1.807, 2.05) is 20.8 Å². The van der Waals surface area contributed by atoms with Gasteiger partial charge in [0.25, 0.3) is 0 Å². The number of amides is 1. The first kappa shape index (κ1) is 21.2. The van der Waals surface area contributed by atoms with Gasteiger partial charge in [-0.05, 0) is 55.6 Å². The Morgan fingerprint density at radius 2 is 2.07 bits per heavy atom. The van der Waals surface area contributed by atoms with Crippen LogP contribution in [0.5, 0.6) is 0 Å². The number of rotatable bonds is 9. The van der Waals surface area contributed by atoms with Crippen molar-refractivity contribution in [1.29, 1.82) is 0 Å². The largest absolute Gasteiger partial charge is 0.481 e. The van der Waals surface area contributed by atoms with Gasteiger partial charge in [-0.3, -0.25) is 9.59 Å². The molecule has 1 aliphatic heterocycles. The lowest BCUT2D eigenvalue weighted by Gasteiger charge is -2.27. The molecule has 2 heterocycles. The van der Waals surface area contributed by atoms with Crippen molar-refractivity contribution in [3.8, 4) is 0 Å². The Morgan fingerprint density at radius 3 is 2.78 bits per heavy atom. The van der Waals surface area contributed by atoms with Crippen LogP contribution in [0, 0.1) is 11.3 Å². The second kappa shape index (κ2) is 9.72. The third-order valence-electron chi connectivity index (χ3n) is 5.14. The number of aromatic nitrogens is 1. The van der Waals surface area contributed by atoms with Gasteiger partial charge in [-0.15, -0.1) is 0 Å². The van der Waals surface area contributed by atoms with Gasteiger partial charge < -0.3 is 15.7 Å². The zero-order valence-electron chi connectivity index (χ0n) is 16.8. The van der Waals surface area contributed by atoms with Crippen LogP contribution in [0.25, 0.3) is 0 Å². The summed E-state index contributed by atoms with van der Waals surface area (Å²) in [4.78, 5) is 28.0. The molecule has 1 aromatic rings. The molecule has 6 nitrogen and oxygen atoms in total. The average Bonchev–Trinajstić information content (AvgIpc) is 2.61. The summed E-state index contributed by atoms with van der Waals surface area (Å²) in [5, 5.41) is 15.5. The third kappa shape index (κ3) is 6.85. The van der Waals surface area contributed by atoms with Crippen LogP contribution in [0.1, 0.15) is 64.1 Å². The van der Waals surface area contributed by atoms with E-state index in [1.54, 1.807) is 0 Å². The lowest BCUT2D eigenvalue weighted by molar-refractivity contribution is -0.146. The van der Waals surface area contributed by atoms with E-state index < -0.39 is 11.9 Å². The monoisotopic (exact) mass is 375 g/mol. The zero-order chi connectivity index (χ0) is 19.9. The summed E-state index contributed by atoms with van der Waals surface area (Å²) in [6, 6.07) is 4.25. The van der Waals surface area contributed by atoms with Crippen molar-refractivity contribution >= 4 is 17.7 Å². The van der Waals surface area contributed by atoms with E-state index >= 15 is 0 Å². The maximum absolute atomic E-state index is 12.0. The molecule has 6 heteroatoms. The fourth-order valence-electron chi connectivity index (χ4n) is 3.47. The Labute approximate surface area is 162 Å². The molecule has 150 valence electrons. The van der Waals surface area contributed by atoms with Crippen LogP contribution < -0.4 is 10.6 Å². The molecule has 0 saturated heterocycles. The highest BCUT2D eigenvalue weighted by atomic mass is 16.4. The highest BCUT2D eigenvalue weighted by Gasteiger charge is 2.30. The molecule has 0 aromatic carbocycles. The molecule has 2 rings (SSSR count). The first-order valence-corrected chi connectivity index (χ1v) is 9.99. The summed E-state index contributed by atoms with van der Waals surface area (Å²) in [7, 11) is 0. The van der Waals surface area contributed by atoms with Gasteiger partial charge in [0.2, 0.25) is 5.91 Å². The molecular formula is C21H33N3O3. The Bertz CT molecular complexity index is 653. The number of carboxylic acid groups (broad SMARTS) is 1. The van der Waals surface area contributed by atoms with E-state index in [0.717, 1.165) is 50.2 Å². The number of aliphatic carboxylic acids is 1. The Hall–Kier alpha value is -2.11. The van der Waals surface area contributed by atoms with Gasteiger partial charge in [-0.25, -0.2) is 4.98 Å². The molecule has 27 heavy (non-hydrogen) atoms. The van der Waals surface area contributed by atoms with Crippen molar-refractivity contribution < 1.29 is 14.7 Å². The number of nitrogens with zero attached hydrogens (tertiary/aromatic N) is 1. The number of carbonyl (C=O) groups is 2.